The molecule has 0 spiro atoms. The molecule has 0 amide bonds. The van der Waals surface area contributed by atoms with E-state index in [0.29, 0.717) is 0 Å². The molecule has 2 aromatic heterocycles. The number of ether oxygens (including phenoxy) is 4. The molecule has 0 aliphatic heterocycles. The molecule has 2 heterocycles. The second-order valence-corrected chi connectivity index (χ2v) is 8.47. The molecular formula is C32H28FeN2O4+2. The van der Waals surface area contributed by atoms with Crippen LogP contribution >= 0.6 is 0 Å². The van der Waals surface area contributed by atoms with Crippen LogP contribution in [0.1, 0.15) is 11.4 Å². The van der Waals surface area contributed by atoms with E-state index < -0.39 is 0 Å². The number of hydrogen-bond donors (Lipinski definition) is 0. The molecule has 7 heteroatoms. The van der Waals surface area contributed by atoms with Crippen molar-refractivity contribution in [2.45, 2.75) is 0 Å². The van der Waals surface area contributed by atoms with Crippen LogP contribution < -0.4 is 18.9 Å². The Bertz CT molecular complexity index is 1290. The third-order valence-electron chi connectivity index (χ3n) is 6.36. The molecule has 2 aliphatic rings. The quantitative estimate of drug-likeness (QED) is 0.270. The van der Waals surface area contributed by atoms with Crippen molar-refractivity contribution in [1.29, 1.82) is 0 Å². The van der Waals surface area contributed by atoms with Gasteiger partial charge in [0.2, 0.25) is 0 Å². The number of methoxy groups -OCH3 is 4. The van der Waals surface area contributed by atoms with E-state index in [2.05, 4.69) is 0 Å². The summed E-state index contributed by atoms with van der Waals surface area (Å²) in [5, 5.41) is 1.91. The number of benzene rings is 2. The number of hydrogen-bond acceptors (Lipinski definition) is 6. The molecule has 0 N–H and O–H groups in total. The molecule has 4 aromatic rings. The Morgan fingerprint density at radius 2 is 0.769 bits per heavy atom. The molecule has 0 bridgehead atoms. The Kier molecular flexibility index (Phi) is 9.93. The van der Waals surface area contributed by atoms with E-state index in [1.165, 1.54) is 0 Å². The van der Waals surface area contributed by atoms with Gasteiger partial charge in [-0.05, 0) is 99.9 Å². The van der Waals surface area contributed by atoms with Gasteiger partial charge in [0.1, 0.15) is 34.0 Å². The average molecular weight is 560 g/mol. The zero-order valence-electron chi connectivity index (χ0n) is 22.1. The monoisotopic (exact) mass is 560 g/mol. The number of fused-ring (bicyclic) bond motifs is 2. The van der Waals surface area contributed by atoms with Crippen molar-refractivity contribution in [3.8, 4) is 23.0 Å². The molecule has 196 valence electrons. The Morgan fingerprint density at radius 3 is 1.10 bits per heavy atom. The zero-order valence-corrected chi connectivity index (χ0v) is 23.2. The predicted octanol–water partition coefficient (Wildman–Crippen LogP) is 6.01. The summed E-state index contributed by atoms with van der Waals surface area (Å²) in [4.78, 5) is 9.38. The van der Waals surface area contributed by atoms with E-state index >= 15 is 0 Å². The summed E-state index contributed by atoms with van der Waals surface area (Å²) in [7, 11) is 6.62. The first kappa shape index (κ1) is 29.0. The van der Waals surface area contributed by atoms with Crippen LogP contribution in [-0.2, 0) is 17.1 Å². The van der Waals surface area contributed by atoms with E-state index in [9.17, 15) is 0 Å². The van der Waals surface area contributed by atoms with Crippen LogP contribution in [0.3, 0.4) is 0 Å². The van der Waals surface area contributed by atoms with E-state index in [1.807, 2.05) is 99.9 Å². The minimum Gasteiger partial charge on any atom is -0.496 e. The summed E-state index contributed by atoms with van der Waals surface area (Å²) in [6.45, 7) is 0. The third kappa shape index (κ3) is 6.10. The molecule has 2 aromatic carbocycles. The van der Waals surface area contributed by atoms with Crippen LogP contribution in [0, 0.1) is 63.2 Å². The van der Waals surface area contributed by atoms with Gasteiger partial charge < -0.3 is 18.9 Å². The Balaban J connectivity index is 0.000000176. The second kappa shape index (κ2) is 13.4. The minimum atomic E-state index is 0. The molecule has 10 radical (unpaired) electrons. The summed E-state index contributed by atoms with van der Waals surface area (Å²) in [6, 6.07) is 15.6. The summed E-state index contributed by atoms with van der Waals surface area (Å²) >= 11 is 0. The maximum absolute atomic E-state index is 5.38. The predicted molar refractivity (Wildman–Crippen MR) is 149 cm³/mol. The smallest absolute Gasteiger partial charge is 0.496 e. The first-order valence-corrected chi connectivity index (χ1v) is 12.1. The van der Waals surface area contributed by atoms with Gasteiger partial charge in [0, 0.05) is 34.0 Å². The largest absolute Gasteiger partial charge is 2.00 e. The van der Waals surface area contributed by atoms with Gasteiger partial charge in [-0.15, -0.1) is 0 Å². The number of aromatic nitrogens is 2. The van der Waals surface area contributed by atoms with E-state index in [0.717, 1.165) is 68.0 Å². The van der Waals surface area contributed by atoms with Crippen LogP contribution in [0.15, 0.2) is 48.5 Å². The van der Waals surface area contributed by atoms with Gasteiger partial charge in [0.15, 0.2) is 0 Å². The van der Waals surface area contributed by atoms with Crippen LogP contribution in [-0.4, -0.2) is 38.4 Å². The number of rotatable bonds is 6. The number of pyridine rings is 2. The summed E-state index contributed by atoms with van der Waals surface area (Å²) < 4.78 is 21.5. The molecule has 0 atom stereocenters. The van der Waals surface area contributed by atoms with E-state index in [4.69, 9.17) is 28.9 Å². The van der Waals surface area contributed by atoms with Crippen LogP contribution in [0.25, 0.3) is 21.8 Å². The van der Waals surface area contributed by atoms with Crippen molar-refractivity contribution < 1.29 is 36.0 Å². The minimum absolute atomic E-state index is 0. The summed E-state index contributed by atoms with van der Waals surface area (Å²) in [5.41, 5.74) is 3.51. The van der Waals surface area contributed by atoms with Crippen molar-refractivity contribution in [1.82, 2.24) is 9.97 Å². The fourth-order valence-corrected chi connectivity index (χ4v) is 4.43. The van der Waals surface area contributed by atoms with Crippen molar-refractivity contribution >= 4 is 21.8 Å². The second-order valence-electron chi connectivity index (χ2n) is 8.47. The fourth-order valence-electron chi connectivity index (χ4n) is 4.43. The molecular weight excluding hydrogens is 532 g/mol. The van der Waals surface area contributed by atoms with Gasteiger partial charge in [-0.25, -0.2) is 9.97 Å². The summed E-state index contributed by atoms with van der Waals surface area (Å²) in [6.07, 6.45) is 16.2. The third-order valence-corrected chi connectivity index (χ3v) is 6.36. The van der Waals surface area contributed by atoms with Gasteiger partial charge in [-0.3, -0.25) is 0 Å². The SMILES string of the molecule is COc1ccc(OC)c2nc([C]3[CH][CH][CH][CH]3)ccc12.COc1ccc(OC)c2nc([C]3[CH][CH][CH][CH]3)ccc12.[Fe+2]. The Labute approximate surface area is 241 Å². The normalized spacial score (nSPS) is 15.5. The first-order valence-electron chi connectivity index (χ1n) is 12.1. The van der Waals surface area contributed by atoms with Gasteiger partial charge in [0.25, 0.3) is 0 Å². The van der Waals surface area contributed by atoms with Gasteiger partial charge in [-0.1, -0.05) is 0 Å². The van der Waals surface area contributed by atoms with Crippen molar-refractivity contribution in [2.24, 2.45) is 0 Å². The van der Waals surface area contributed by atoms with Gasteiger partial charge >= 0.3 is 17.1 Å². The standard InChI is InChI=1S/2C16H14NO2.Fe/c2*1-18-14-9-10-15(19-2)16-12(14)7-8-13(17-16)11-5-3-4-6-11;/h2*3-10H,1-2H3;/q;;+2. The topological polar surface area (TPSA) is 62.7 Å². The van der Waals surface area contributed by atoms with Crippen molar-refractivity contribution in [3.05, 3.63) is 123 Å². The first-order chi connectivity index (χ1) is 18.7. The molecule has 39 heavy (non-hydrogen) atoms. The molecule has 2 saturated carbocycles. The van der Waals surface area contributed by atoms with Crippen molar-refractivity contribution in [2.75, 3.05) is 28.4 Å². The number of nitrogens with zero attached hydrogens (tertiary/aromatic N) is 2. The maximum atomic E-state index is 5.38. The zero-order chi connectivity index (χ0) is 26.5. The molecule has 2 aliphatic carbocycles. The van der Waals surface area contributed by atoms with E-state index in [1.54, 1.807) is 28.4 Å². The average Bonchev–Trinajstić information content (AvgIpc) is 3.71. The summed E-state index contributed by atoms with van der Waals surface area (Å²) in [5.74, 6) is 5.32. The van der Waals surface area contributed by atoms with Gasteiger partial charge in [-0.2, -0.15) is 0 Å². The molecule has 6 nitrogen and oxygen atoms in total. The van der Waals surface area contributed by atoms with E-state index in [-0.39, 0.29) is 17.1 Å². The molecule has 0 unspecified atom stereocenters. The maximum Gasteiger partial charge on any atom is 2.00 e. The fraction of sp³-hybridized carbons (Fsp3) is 0.125. The Hall–Kier alpha value is -3.02. The molecule has 6 rings (SSSR count). The van der Waals surface area contributed by atoms with Crippen molar-refractivity contribution in [3.63, 3.8) is 0 Å². The van der Waals surface area contributed by atoms with Crippen LogP contribution in [0.4, 0.5) is 0 Å². The van der Waals surface area contributed by atoms with Crippen LogP contribution in [0.2, 0.25) is 0 Å². The Morgan fingerprint density at radius 1 is 0.436 bits per heavy atom. The molecule has 0 saturated heterocycles. The van der Waals surface area contributed by atoms with Crippen LogP contribution in [0.5, 0.6) is 23.0 Å². The molecule has 2 fully saturated rings. The van der Waals surface area contributed by atoms with Gasteiger partial charge in [0.05, 0.1) is 28.4 Å².